The van der Waals surface area contributed by atoms with E-state index < -0.39 is 18.2 Å². The van der Waals surface area contributed by atoms with Crippen molar-refractivity contribution in [1.29, 1.82) is 0 Å². The molecular formula is C13H15ClO5S. The molecule has 2 atom stereocenters. The topological polar surface area (TPSA) is 94.8 Å². The highest BCUT2D eigenvalue weighted by atomic mass is 35.5. The minimum Gasteiger partial charge on any atom is -0.481 e. The molecule has 0 aromatic heterocycles. The monoisotopic (exact) mass is 318 g/mol. The Morgan fingerprint density at radius 2 is 2.00 bits per heavy atom. The van der Waals surface area contributed by atoms with Crippen LogP contribution in [0.5, 0.6) is 0 Å². The van der Waals surface area contributed by atoms with E-state index in [-0.39, 0.29) is 22.3 Å². The van der Waals surface area contributed by atoms with Crippen LogP contribution in [0.3, 0.4) is 0 Å². The predicted molar refractivity (Wildman–Crippen MR) is 76.9 cm³/mol. The number of carboxylic acid groups (broad SMARTS) is 1. The van der Waals surface area contributed by atoms with Crippen LogP contribution in [0.4, 0.5) is 0 Å². The summed E-state index contributed by atoms with van der Waals surface area (Å²) < 4.78 is 0. The van der Waals surface area contributed by atoms with Gasteiger partial charge in [-0.2, -0.15) is 0 Å². The Balaban J connectivity index is 2.78. The zero-order valence-electron chi connectivity index (χ0n) is 10.7. The smallest absolute Gasteiger partial charge is 0.307 e. The van der Waals surface area contributed by atoms with E-state index in [4.69, 9.17) is 16.7 Å². The molecule has 0 heterocycles. The molecule has 0 aliphatic carbocycles. The lowest BCUT2D eigenvalue weighted by Crippen LogP contribution is -2.21. The van der Waals surface area contributed by atoms with Gasteiger partial charge in [-0.05, 0) is 17.2 Å². The second-order valence-electron chi connectivity index (χ2n) is 4.24. The molecule has 0 radical (unpaired) electrons. The number of aliphatic hydroxyl groups excluding tert-OH is 2. The maximum Gasteiger partial charge on any atom is 0.307 e. The van der Waals surface area contributed by atoms with Gasteiger partial charge in [0.05, 0.1) is 12.5 Å². The summed E-state index contributed by atoms with van der Waals surface area (Å²) >= 11 is 6.85. The lowest BCUT2D eigenvalue weighted by atomic mass is 10.0. The molecule has 0 fully saturated rings. The van der Waals surface area contributed by atoms with Crippen molar-refractivity contribution in [3.8, 4) is 0 Å². The maximum atomic E-state index is 10.8. The molecule has 0 saturated heterocycles. The van der Waals surface area contributed by atoms with E-state index >= 15 is 0 Å². The van der Waals surface area contributed by atoms with E-state index in [1.165, 1.54) is 25.1 Å². The Morgan fingerprint density at radius 1 is 1.35 bits per heavy atom. The third kappa shape index (κ3) is 5.13. The number of halogens is 1. The van der Waals surface area contributed by atoms with Crippen molar-refractivity contribution in [2.45, 2.75) is 25.6 Å². The van der Waals surface area contributed by atoms with Gasteiger partial charge >= 0.3 is 5.97 Å². The van der Waals surface area contributed by atoms with Crippen LogP contribution in [0.25, 0.3) is 0 Å². The highest BCUT2D eigenvalue weighted by Gasteiger charge is 2.20. The Labute approximate surface area is 125 Å². The fourth-order valence-electron chi connectivity index (χ4n) is 1.57. The Bertz CT molecular complexity index is 506. The number of hydrogen-bond donors (Lipinski definition) is 3. The van der Waals surface area contributed by atoms with Gasteiger partial charge in [-0.1, -0.05) is 35.5 Å². The van der Waals surface area contributed by atoms with Crippen LogP contribution in [-0.2, 0) is 16.0 Å². The number of thioether (sulfide) groups is 1. The average Bonchev–Trinajstić information content (AvgIpc) is 2.37. The summed E-state index contributed by atoms with van der Waals surface area (Å²) in [5.41, 5.74) is 0.809. The number of carbonyl (C=O) groups is 2. The van der Waals surface area contributed by atoms with Gasteiger partial charge in [-0.25, -0.2) is 0 Å². The van der Waals surface area contributed by atoms with Gasteiger partial charge in [0.2, 0.25) is 0 Å². The maximum absolute atomic E-state index is 10.8. The molecular weight excluding hydrogens is 304 g/mol. The number of carboxylic acids is 1. The molecule has 0 bridgehead atoms. The molecule has 7 heteroatoms. The van der Waals surface area contributed by atoms with E-state index in [0.29, 0.717) is 11.1 Å². The van der Waals surface area contributed by atoms with Gasteiger partial charge in [0, 0.05) is 17.7 Å². The van der Waals surface area contributed by atoms with E-state index in [2.05, 4.69) is 0 Å². The van der Waals surface area contributed by atoms with E-state index in [0.717, 1.165) is 11.8 Å². The number of aliphatic carboxylic acids is 1. The Hall–Kier alpha value is -1.08. The summed E-state index contributed by atoms with van der Waals surface area (Å²) in [7, 11) is 0. The standard InChI is InChI=1S/C13H15ClO5S/c1-7(15)20-6-11(16)13(19)9-3-2-8(5-12(17)18)10(14)4-9/h2-4,11,13,16,19H,5-6H2,1H3,(H,17,18). The molecule has 3 N–H and O–H groups in total. The van der Waals surface area contributed by atoms with Gasteiger partial charge in [-0.15, -0.1) is 0 Å². The first-order valence-corrected chi connectivity index (χ1v) is 7.17. The molecule has 5 nitrogen and oxygen atoms in total. The van der Waals surface area contributed by atoms with Crippen molar-refractivity contribution in [3.05, 3.63) is 34.3 Å². The molecule has 0 aliphatic heterocycles. The quantitative estimate of drug-likeness (QED) is 0.738. The highest BCUT2D eigenvalue weighted by molar-refractivity contribution is 8.13. The molecule has 0 amide bonds. The third-order valence-corrected chi connectivity index (χ3v) is 3.85. The lowest BCUT2D eigenvalue weighted by molar-refractivity contribution is -0.136. The Kier molecular flexibility index (Phi) is 6.48. The van der Waals surface area contributed by atoms with Crippen molar-refractivity contribution in [1.82, 2.24) is 0 Å². The van der Waals surface area contributed by atoms with E-state index in [9.17, 15) is 19.8 Å². The number of aliphatic hydroxyl groups is 2. The van der Waals surface area contributed by atoms with Gasteiger partial charge in [0.15, 0.2) is 5.12 Å². The number of benzene rings is 1. The average molecular weight is 319 g/mol. The zero-order chi connectivity index (χ0) is 15.3. The van der Waals surface area contributed by atoms with Crippen LogP contribution < -0.4 is 0 Å². The molecule has 2 unspecified atom stereocenters. The fourth-order valence-corrected chi connectivity index (χ4v) is 2.41. The van der Waals surface area contributed by atoms with E-state index in [1.807, 2.05) is 0 Å². The van der Waals surface area contributed by atoms with Gasteiger partial charge in [0.1, 0.15) is 6.10 Å². The van der Waals surface area contributed by atoms with Crippen LogP contribution in [0.2, 0.25) is 5.02 Å². The van der Waals surface area contributed by atoms with Crippen LogP contribution in [0, 0.1) is 0 Å². The molecule has 0 aliphatic rings. The van der Waals surface area contributed by atoms with Crippen molar-refractivity contribution in [2.24, 2.45) is 0 Å². The summed E-state index contributed by atoms with van der Waals surface area (Å²) in [5, 5.41) is 28.5. The number of carbonyl (C=O) groups excluding carboxylic acids is 1. The molecule has 0 saturated carbocycles. The summed E-state index contributed by atoms with van der Waals surface area (Å²) in [6.07, 6.45) is -2.50. The summed E-state index contributed by atoms with van der Waals surface area (Å²) in [6.45, 7) is 1.38. The second kappa shape index (κ2) is 7.64. The highest BCUT2D eigenvalue weighted by Crippen LogP contribution is 2.25. The van der Waals surface area contributed by atoms with Crippen LogP contribution in [-0.4, -0.2) is 38.3 Å². The van der Waals surface area contributed by atoms with E-state index in [1.54, 1.807) is 0 Å². The minimum absolute atomic E-state index is 0.0744. The van der Waals surface area contributed by atoms with Crippen molar-refractivity contribution in [2.75, 3.05) is 5.75 Å². The van der Waals surface area contributed by atoms with Gasteiger partial charge in [0.25, 0.3) is 0 Å². The van der Waals surface area contributed by atoms with Crippen molar-refractivity contribution in [3.63, 3.8) is 0 Å². The van der Waals surface area contributed by atoms with Crippen LogP contribution >= 0.6 is 23.4 Å². The Morgan fingerprint density at radius 3 is 2.50 bits per heavy atom. The molecule has 1 aromatic rings. The molecule has 20 heavy (non-hydrogen) atoms. The van der Waals surface area contributed by atoms with Crippen molar-refractivity contribution >= 4 is 34.4 Å². The minimum atomic E-state index is -1.18. The largest absolute Gasteiger partial charge is 0.481 e. The van der Waals surface area contributed by atoms with Crippen molar-refractivity contribution < 1.29 is 24.9 Å². The lowest BCUT2D eigenvalue weighted by Gasteiger charge is -2.18. The predicted octanol–water partition coefficient (Wildman–Crippen LogP) is 1.64. The first-order chi connectivity index (χ1) is 9.31. The zero-order valence-corrected chi connectivity index (χ0v) is 12.3. The third-order valence-electron chi connectivity index (χ3n) is 2.58. The summed E-state index contributed by atoms with van der Waals surface area (Å²) in [5.74, 6) is -0.927. The molecule has 1 rings (SSSR count). The number of rotatable bonds is 6. The van der Waals surface area contributed by atoms with Crippen LogP contribution in [0.15, 0.2) is 18.2 Å². The molecule has 0 spiro atoms. The second-order valence-corrected chi connectivity index (χ2v) is 5.84. The number of hydrogen-bond acceptors (Lipinski definition) is 5. The first-order valence-electron chi connectivity index (χ1n) is 5.81. The van der Waals surface area contributed by atoms with Gasteiger partial charge < -0.3 is 15.3 Å². The summed E-state index contributed by atoms with van der Waals surface area (Å²) in [6, 6.07) is 4.43. The first kappa shape index (κ1) is 17.0. The molecule has 110 valence electrons. The SMILES string of the molecule is CC(=O)SCC(O)C(O)c1ccc(CC(=O)O)c(Cl)c1. The normalized spacial score (nSPS) is 13.8. The van der Waals surface area contributed by atoms with Crippen LogP contribution in [0.1, 0.15) is 24.2 Å². The summed E-state index contributed by atoms with van der Waals surface area (Å²) in [4.78, 5) is 21.4. The molecule has 1 aromatic carbocycles. The van der Waals surface area contributed by atoms with Gasteiger partial charge in [-0.3, -0.25) is 9.59 Å². The fraction of sp³-hybridized carbons (Fsp3) is 0.385.